The quantitative estimate of drug-likeness (QED) is 0.742. The molecular formula is C17H15N3OS. The molecule has 0 N–H and O–H groups in total. The van der Waals surface area contributed by atoms with Gasteiger partial charge in [-0.25, -0.2) is 4.98 Å². The molecule has 0 aliphatic rings. The van der Waals surface area contributed by atoms with Gasteiger partial charge in [-0.2, -0.15) is 0 Å². The van der Waals surface area contributed by atoms with E-state index in [9.17, 15) is 4.79 Å². The Morgan fingerprint density at radius 1 is 1.14 bits per heavy atom. The highest BCUT2D eigenvalue weighted by molar-refractivity contribution is 7.13. The number of hydrogen-bond acceptors (Lipinski definition) is 4. The van der Waals surface area contributed by atoms with Gasteiger partial charge in [0, 0.05) is 24.3 Å². The smallest absolute Gasteiger partial charge is 0.232 e. The van der Waals surface area contributed by atoms with Gasteiger partial charge < -0.3 is 4.90 Å². The van der Waals surface area contributed by atoms with Gasteiger partial charge in [-0.05, 0) is 24.3 Å². The molecule has 2 aromatic heterocycles. The van der Waals surface area contributed by atoms with E-state index in [1.165, 1.54) is 11.3 Å². The lowest BCUT2D eigenvalue weighted by molar-refractivity contribution is -0.117. The molecular weight excluding hydrogens is 294 g/mol. The number of likely N-dealkylation sites (N-methyl/N-ethyl adjacent to an activating group) is 1. The molecule has 3 aromatic rings. The molecule has 0 saturated carbocycles. The second-order valence-corrected chi connectivity index (χ2v) is 5.68. The summed E-state index contributed by atoms with van der Waals surface area (Å²) >= 11 is 1.51. The Hall–Kier alpha value is -2.53. The first-order chi connectivity index (χ1) is 10.7. The molecule has 0 bridgehead atoms. The van der Waals surface area contributed by atoms with Crippen LogP contribution in [-0.2, 0) is 11.2 Å². The van der Waals surface area contributed by atoms with Gasteiger partial charge in [0.25, 0.3) is 0 Å². The Kier molecular flexibility index (Phi) is 4.25. The average Bonchev–Trinajstić information content (AvgIpc) is 3.04. The molecule has 0 radical (unpaired) electrons. The summed E-state index contributed by atoms with van der Waals surface area (Å²) in [6.45, 7) is 0. The fourth-order valence-corrected chi connectivity index (χ4v) is 2.86. The van der Waals surface area contributed by atoms with Crippen LogP contribution in [0.4, 0.5) is 5.69 Å². The predicted molar refractivity (Wildman–Crippen MR) is 88.9 cm³/mol. The van der Waals surface area contributed by atoms with Crippen molar-refractivity contribution in [3.63, 3.8) is 0 Å². The van der Waals surface area contributed by atoms with Gasteiger partial charge in [-0.15, -0.1) is 11.3 Å². The predicted octanol–water partition coefficient (Wildman–Crippen LogP) is 3.41. The number of anilines is 1. The summed E-state index contributed by atoms with van der Waals surface area (Å²) in [6.07, 6.45) is 2.03. The van der Waals surface area contributed by atoms with E-state index in [1.54, 1.807) is 18.1 Å². The van der Waals surface area contributed by atoms with Crippen molar-refractivity contribution in [2.75, 3.05) is 11.9 Å². The van der Waals surface area contributed by atoms with E-state index in [-0.39, 0.29) is 12.3 Å². The molecule has 1 aromatic carbocycles. The molecule has 2 heterocycles. The third-order valence-corrected chi connectivity index (χ3v) is 4.20. The molecule has 0 spiro atoms. The van der Waals surface area contributed by atoms with Crippen molar-refractivity contribution in [1.82, 2.24) is 9.97 Å². The summed E-state index contributed by atoms with van der Waals surface area (Å²) in [5, 5.41) is 2.76. The SMILES string of the molecule is CN(C(=O)Cc1csc(-c2ccccn2)n1)c1ccccc1. The van der Waals surface area contributed by atoms with Gasteiger partial charge in [-0.3, -0.25) is 9.78 Å². The molecule has 110 valence electrons. The summed E-state index contributed by atoms with van der Waals surface area (Å²) in [4.78, 5) is 22.8. The van der Waals surface area contributed by atoms with Crippen molar-refractivity contribution < 1.29 is 4.79 Å². The van der Waals surface area contributed by atoms with Crippen LogP contribution in [0, 0.1) is 0 Å². The third kappa shape index (κ3) is 3.20. The molecule has 0 aliphatic carbocycles. The Morgan fingerprint density at radius 2 is 1.91 bits per heavy atom. The van der Waals surface area contributed by atoms with Crippen molar-refractivity contribution in [2.24, 2.45) is 0 Å². The fraction of sp³-hybridized carbons (Fsp3) is 0.118. The maximum atomic E-state index is 12.3. The van der Waals surface area contributed by atoms with Crippen LogP contribution < -0.4 is 4.90 Å². The second kappa shape index (κ2) is 6.49. The molecule has 0 aliphatic heterocycles. The van der Waals surface area contributed by atoms with Gasteiger partial charge in [-0.1, -0.05) is 24.3 Å². The van der Waals surface area contributed by atoms with Gasteiger partial charge in [0.1, 0.15) is 5.01 Å². The first-order valence-corrected chi connectivity index (χ1v) is 7.79. The van der Waals surface area contributed by atoms with Crippen molar-refractivity contribution in [2.45, 2.75) is 6.42 Å². The highest BCUT2D eigenvalue weighted by Crippen LogP contribution is 2.22. The molecule has 22 heavy (non-hydrogen) atoms. The van der Waals surface area contributed by atoms with Crippen LogP contribution in [0.15, 0.2) is 60.1 Å². The lowest BCUT2D eigenvalue weighted by Gasteiger charge is -2.16. The van der Waals surface area contributed by atoms with Crippen LogP contribution in [0.5, 0.6) is 0 Å². The summed E-state index contributed by atoms with van der Waals surface area (Å²) in [7, 11) is 1.78. The van der Waals surface area contributed by atoms with Gasteiger partial charge in [0.05, 0.1) is 17.8 Å². The fourth-order valence-electron chi connectivity index (χ4n) is 2.06. The van der Waals surface area contributed by atoms with Crippen molar-refractivity contribution >= 4 is 22.9 Å². The highest BCUT2D eigenvalue weighted by Gasteiger charge is 2.14. The number of para-hydroxylation sites is 1. The number of carbonyl (C=O) groups excluding carboxylic acids is 1. The Morgan fingerprint density at radius 3 is 2.64 bits per heavy atom. The third-order valence-electron chi connectivity index (χ3n) is 3.29. The first kappa shape index (κ1) is 14.4. The molecule has 0 saturated heterocycles. The number of rotatable bonds is 4. The van der Waals surface area contributed by atoms with Crippen LogP contribution in [0.2, 0.25) is 0 Å². The van der Waals surface area contributed by atoms with E-state index < -0.39 is 0 Å². The molecule has 5 heteroatoms. The van der Waals surface area contributed by atoms with E-state index >= 15 is 0 Å². The zero-order chi connectivity index (χ0) is 15.4. The van der Waals surface area contributed by atoms with Crippen LogP contribution in [0.1, 0.15) is 5.69 Å². The maximum Gasteiger partial charge on any atom is 0.232 e. The number of benzene rings is 1. The van der Waals surface area contributed by atoms with Crippen LogP contribution >= 0.6 is 11.3 Å². The number of pyridine rings is 1. The number of carbonyl (C=O) groups is 1. The zero-order valence-corrected chi connectivity index (χ0v) is 13.0. The lowest BCUT2D eigenvalue weighted by Crippen LogP contribution is -2.27. The van der Waals surface area contributed by atoms with Crippen LogP contribution in [0.3, 0.4) is 0 Å². The summed E-state index contributed by atoms with van der Waals surface area (Å²) in [5.41, 5.74) is 2.49. The van der Waals surface area contributed by atoms with Gasteiger partial charge in [0.2, 0.25) is 5.91 Å². The Balaban J connectivity index is 1.71. The highest BCUT2D eigenvalue weighted by atomic mass is 32.1. The molecule has 0 fully saturated rings. The average molecular weight is 309 g/mol. The molecule has 1 amide bonds. The minimum absolute atomic E-state index is 0.0177. The minimum Gasteiger partial charge on any atom is -0.315 e. The van der Waals surface area contributed by atoms with E-state index in [1.807, 2.05) is 53.9 Å². The van der Waals surface area contributed by atoms with Crippen LogP contribution in [-0.4, -0.2) is 22.9 Å². The maximum absolute atomic E-state index is 12.3. The summed E-state index contributed by atoms with van der Waals surface area (Å²) < 4.78 is 0. The lowest BCUT2D eigenvalue weighted by atomic mass is 10.2. The van der Waals surface area contributed by atoms with Crippen molar-refractivity contribution in [3.05, 3.63) is 65.8 Å². The van der Waals surface area contributed by atoms with Crippen LogP contribution in [0.25, 0.3) is 10.7 Å². The number of amides is 1. The van der Waals surface area contributed by atoms with E-state index in [4.69, 9.17) is 0 Å². The Bertz CT molecular complexity index is 756. The van der Waals surface area contributed by atoms with Gasteiger partial charge >= 0.3 is 0 Å². The summed E-state index contributed by atoms with van der Waals surface area (Å²) in [5.74, 6) is 0.0177. The number of aromatic nitrogens is 2. The normalized spacial score (nSPS) is 10.4. The topological polar surface area (TPSA) is 46.1 Å². The number of nitrogens with zero attached hydrogens (tertiary/aromatic N) is 3. The molecule has 0 atom stereocenters. The van der Waals surface area contributed by atoms with Crippen molar-refractivity contribution in [1.29, 1.82) is 0 Å². The standard InChI is InChI=1S/C17H15N3OS/c1-20(14-7-3-2-4-8-14)16(21)11-13-12-22-17(19-13)15-9-5-6-10-18-15/h2-10,12H,11H2,1H3. The molecule has 3 rings (SSSR count). The van der Waals surface area contributed by atoms with Gasteiger partial charge in [0.15, 0.2) is 0 Å². The second-order valence-electron chi connectivity index (χ2n) is 4.82. The van der Waals surface area contributed by atoms with E-state index in [2.05, 4.69) is 9.97 Å². The number of thiazole rings is 1. The minimum atomic E-state index is 0.0177. The molecule has 4 nitrogen and oxygen atoms in total. The number of hydrogen-bond donors (Lipinski definition) is 0. The zero-order valence-electron chi connectivity index (χ0n) is 12.1. The largest absolute Gasteiger partial charge is 0.315 e. The van der Waals surface area contributed by atoms with E-state index in [0.717, 1.165) is 22.1 Å². The van der Waals surface area contributed by atoms with Crippen molar-refractivity contribution in [3.8, 4) is 10.7 Å². The molecule has 0 unspecified atom stereocenters. The first-order valence-electron chi connectivity index (χ1n) is 6.91. The monoisotopic (exact) mass is 309 g/mol. The summed E-state index contributed by atoms with van der Waals surface area (Å²) in [6, 6.07) is 15.3. The van der Waals surface area contributed by atoms with E-state index in [0.29, 0.717) is 0 Å². The Labute approximate surface area is 133 Å².